The molecule has 74 heavy (non-hydrogen) atoms. The van der Waals surface area contributed by atoms with Crippen LogP contribution in [0.1, 0.15) is 19.3 Å². The highest BCUT2D eigenvalue weighted by molar-refractivity contribution is 6.17. The maximum atomic E-state index is 14.2. The van der Waals surface area contributed by atoms with Crippen LogP contribution in [-0.2, 0) is 25.7 Å². The Morgan fingerprint density at radius 3 is 1.46 bits per heavy atom. The molecule has 4 N–H and O–H groups in total. The van der Waals surface area contributed by atoms with E-state index in [1.807, 2.05) is 4.57 Å². The number of hydrogen-bond donors (Lipinski definition) is 4. The zero-order valence-corrected chi connectivity index (χ0v) is 40.5. The van der Waals surface area contributed by atoms with E-state index in [0.29, 0.717) is 103 Å². The van der Waals surface area contributed by atoms with Crippen molar-refractivity contribution in [3.8, 4) is 46.0 Å². The lowest BCUT2D eigenvalue weighted by atomic mass is 10.0. The number of nitrogens with one attached hydrogen (secondary N) is 4. The first-order valence-corrected chi connectivity index (χ1v) is 23.3. The first-order chi connectivity index (χ1) is 35.9. The molecule has 0 spiro atoms. The van der Waals surface area contributed by atoms with E-state index < -0.39 is 46.6 Å². The lowest BCUT2D eigenvalue weighted by molar-refractivity contribution is -0.672. The van der Waals surface area contributed by atoms with Crippen LogP contribution in [0.3, 0.4) is 0 Å². The second-order valence-electron chi connectivity index (χ2n) is 17.2. The molecule has 18 heteroatoms. The molecule has 376 valence electrons. The standard InChI is InChI=1S/C56H48F2N6O10/c1-69-48-29-42-44(31-50(48)71-3)59-26-21-46(42)73-39-17-13-36(14-18-39)61-53(66)41(52(65)60-35-9-5-33(57)6-10-35)22-27-64-28-23-47(43-30-49(70-2)51(72-4)32-45(43)64)74-40-19-15-38(16-20-40)63-55(68)56(24-25-56)54(67)62-37-11-7-34(58)8-12-37/h5-21,23,26,28-32,41H,22,24-25,27H2,1-4H3,(H3-,60,61,62,63,65,66,67,68)/p+1. The quantitative estimate of drug-likeness (QED) is 0.0446. The summed E-state index contributed by atoms with van der Waals surface area (Å²) in [5, 5.41) is 12.5. The van der Waals surface area contributed by atoms with E-state index in [0.717, 1.165) is 0 Å². The van der Waals surface area contributed by atoms with Crippen molar-refractivity contribution < 1.29 is 60.9 Å². The molecule has 4 amide bonds. The van der Waals surface area contributed by atoms with Gasteiger partial charge < -0.3 is 49.7 Å². The van der Waals surface area contributed by atoms with E-state index in [1.54, 1.807) is 112 Å². The number of aromatic nitrogens is 2. The van der Waals surface area contributed by atoms with Crippen LogP contribution >= 0.6 is 0 Å². The summed E-state index contributed by atoms with van der Waals surface area (Å²) in [6, 6.07) is 34.4. The lowest BCUT2D eigenvalue weighted by Crippen LogP contribution is -2.40. The molecule has 6 aromatic carbocycles. The molecule has 2 aromatic heterocycles. The molecule has 0 radical (unpaired) electrons. The SMILES string of the molecule is COc1cc2nccc(Oc3ccc(NC(=O)C(CC[n+]4ccc(Oc5ccc(NC(=O)C6(C(=O)Nc7ccc(F)cc7)CC6)cc5)c5cc(OC)c(OC)cc54)C(=O)Nc4ccc(F)cc4)cc3)c2cc1OC. The number of nitrogens with zero attached hydrogens (tertiary/aromatic N) is 2. The largest absolute Gasteiger partial charge is 0.493 e. The van der Waals surface area contributed by atoms with Gasteiger partial charge >= 0.3 is 0 Å². The predicted octanol–water partition coefficient (Wildman–Crippen LogP) is 10.2. The van der Waals surface area contributed by atoms with E-state index >= 15 is 0 Å². The van der Waals surface area contributed by atoms with E-state index in [2.05, 4.69) is 26.3 Å². The third-order valence-electron chi connectivity index (χ3n) is 12.5. The zero-order valence-electron chi connectivity index (χ0n) is 40.5. The predicted molar refractivity (Wildman–Crippen MR) is 272 cm³/mol. The van der Waals surface area contributed by atoms with Crippen LogP contribution in [0.2, 0.25) is 0 Å². The zero-order chi connectivity index (χ0) is 51.9. The number of methoxy groups -OCH3 is 4. The van der Waals surface area contributed by atoms with Gasteiger partial charge in [-0.1, -0.05) is 0 Å². The number of anilines is 4. The van der Waals surface area contributed by atoms with Crippen LogP contribution in [0.4, 0.5) is 31.5 Å². The van der Waals surface area contributed by atoms with Crippen molar-refractivity contribution in [3.05, 3.63) is 157 Å². The molecule has 2 heterocycles. The number of ether oxygens (including phenoxy) is 6. The Morgan fingerprint density at radius 1 is 0.541 bits per heavy atom. The number of carbonyl (C=O) groups is 4. The molecule has 1 atom stereocenters. The van der Waals surface area contributed by atoms with Crippen molar-refractivity contribution in [2.45, 2.75) is 25.8 Å². The fourth-order valence-corrected chi connectivity index (χ4v) is 8.28. The highest BCUT2D eigenvalue weighted by atomic mass is 19.1. The molecule has 0 aliphatic heterocycles. The maximum Gasteiger partial charge on any atom is 0.240 e. The third-order valence-corrected chi connectivity index (χ3v) is 12.5. The van der Waals surface area contributed by atoms with Gasteiger partial charge in [0.15, 0.2) is 29.2 Å². The number of fused-ring (bicyclic) bond motifs is 2. The van der Waals surface area contributed by atoms with Crippen LogP contribution in [-0.4, -0.2) is 57.1 Å². The highest BCUT2D eigenvalue weighted by Crippen LogP contribution is 2.48. The van der Waals surface area contributed by atoms with E-state index in [9.17, 15) is 28.0 Å². The summed E-state index contributed by atoms with van der Waals surface area (Å²) < 4.78 is 64.0. The number of rotatable bonds is 19. The minimum Gasteiger partial charge on any atom is -0.493 e. The average Bonchev–Trinajstić information content (AvgIpc) is 4.24. The number of halogens is 2. The Kier molecular flexibility index (Phi) is 14.5. The van der Waals surface area contributed by atoms with Gasteiger partial charge in [-0.25, -0.2) is 8.78 Å². The van der Waals surface area contributed by atoms with Crippen molar-refractivity contribution >= 4 is 68.2 Å². The number of hydrogen-bond acceptors (Lipinski definition) is 11. The summed E-state index contributed by atoms with van der Waals surface area (Å²) in [6.45, 7) is 0.155. The van der Waals surface area contributed by atoms with Crippen LogP contribution < -0.4 is 54.3 Å². The van der Waals surface area contributed by atoms with Crippen molar-refractivity contribution in [1.82, 2.24) is 4.98 Å². The molecule has 1 aliphatic carbocycles. The number of benzene rings is 6. The van der Waals surface area contributed by atoms with Gasteiger partial charge in [0, 0.05) is 59.0 Å². The number of aryl methyl sites for hydroxylation is 1. The third kappa shape index (κ3) is 10.9. The average molecular weight is 1000 g/mol. The maximum absolute atomic E-state index is 14.2. The molecular weight excluding hydrogens is 955 g/mol. The van der Waals surface area contributed by atoms with Gasteiger partial charge in [-0.2, -0.15) is 4.57 Å². The fraction of sp³-hybridized carbons (Fsp3) is 0.179. The van der Waals surface area contributed by atoms with Gasteiger partial charge in [0.2, 0.25) is 29.1 Å². The first-order valence-electron chi connectivity index (χ1n) is 23.3. The Bertz CT molecular complexity index is 3390. The van der Waals surface area contributed by atoms with Gasteiger partial charge in [-0.15, -0.1) is 0 Å². The van der Waals surface area contributed by atoms with E-state index in [1.165, 1.54) is 62.8 Å². The first kappa shape index (κ1) is 49.7. The Balaban J connectivity index is 0.918. The summed E-state index contributed by atoms with van der Waals surface area (Å²) in [4.78, 5) is 59.1. The number of amides is 4. The summed E-state index contributed by atoms with van der Waals surface area (Å²) in [6.07, 6.45) is 4.12. The number of carbonyl (C=O) groups excluding carboxylic acids is 4. The monoisotopic (exact) mass is 1000 g/mol. The normalized spacial score (nSPS) is 12.7. The Labute approximate surface area is 423 Å². The van der Waals surface area contributed by atoms with Gasteiger partial charge in [0.05, 0.1) is 45.4 Å². The molecular formula is C56H49F2N6O10+. The van der Waals surface area contributed by atoms with E-state index in [-0.39, 0.29) is 13.0 Å². The summed E-state index contributed by atoms with van der Waals surface area (Å²) in [5.74, 6) is -0.614. The van der Waals surface area contributed by atoms with Crippen LogP contribution in [0, 0.1) is 23.0 Å². The van der Waals surface area contributed by atoms with Crippen molar-refractivity contribution in [2.24, 2.45) is 11.3 Å². The summed E-state index contributed by atoms with van der Waals surface area (Å²) in [5.41, 5.74) is 1.54. The molecule has 16 nitrogen and oxygen atoms in total. The molecule has 1 unspecified atom stereocenters. The minimum atomic E-state index is -1.25. The molecule has 1 aliphatic rings. The highest BCUT2D eigenvalue weighted by Gasteiger charge is 2.56. The van der Waals surface area contributed by atoms with Crippen molar-refractivity contribution in [3.63, 3.8) is 0 Å². The molecule has 9 rings (SSSR count). The Hall–Kier alpha value is -9.32. The summed E-state index contributed by atoms with van der Waals surface area (Å²) in [7, 11) is 6.10. The second kappa shape index (κ2) is 21.6. The smallest absolute Gasteiger partial charge is 0.240 e. The molecule has 1 saturated carbocycles. The van der Waals surface area contributed by atoms with Crippen LogP contribution in [0.25, 0.3) is 21.8 Å². The number of pyridine rings is 2. The fourth-order valence-electron chi connectivity index (χ4n) is 8.28. The van der Waals surface area contributed by atoms with Crippen LogP contribution in [0.5, 0.6) is 46.0 Å². The molecule has 0 bridgehead atoms. The van der Waals surface area contributed by atoms with E-state index in [4.69, 9.17) is 28.4 Å². The van der Waals surface area contributed by atoms with Gasteiger partial charge in [0.25, 0.3) is 0 Å². The molecule has 1 fully saturated rings. The van der Waals surface area contributed by atoms with Gasteiger partial charge in [-0.05, 0) is 122 Å². The van der Waals surface area contributed by atoms with Crippen molar-refractivity contribution in [1.29, 1.82) is 0 Å². The van der Waals surface area contributed by atoms with Crippen LogP contribution in [0.15, 0.2) is 146 Å². The minimum absolute atomic E-state index is 0.0140. The Morgan fingerprint density at radius 2 is 0.973 bits per heavy atom. The van der Waals surface area contributed by atoms with Gasteiger partial charge in [0.1, 0.15) is 52.5 Å². The molecule has 0 saturated heterocycles. The lowest BCUT2D eigenvalue weighted by Gasteiger charge is -2.17. The topological polar surface area (TPSA) is 189 Å². The van der Waals surface area contributed by atoms with Gasteiger partial charge in [-0.3, -0.25) is 24.2 Å². The summed E-state index contributed by atoms with van der Waals surface area (Å²) >= 11 is 0. The second-order valence-corrected chi connectivity index (χ2v) is 17.2. The van der Waals surface area contributed by atoms with Crippen molar-refractivity contribution in [2.75, 3.05) is 49.7 Å². The molecule has 8 aromatic rings.